The van der Waals surface area contributed by atoms with E-state index in [1.165, 1.54) is 6.07 Å². The molecule has 3 N–H and O–H groups in total. The number of nitrogens with zero attached hydrogens (tertiary/aromatic N) is 5. The van der Waals surface area contributed by atoms with E-state index in [0.717, 1.165) is 70.9 Å². The highest BCUT2D eigenvalue weighted by molar-refractivity contribution is 5.88. The van der Waals surface area contributed by atoms with E-state index >= 15 is 0 Å². The summed E-state index contributed by atoms with van der Waals surface area (Å²) in [7, 11) is 1.81. The molecule has 7 rings (SSSR count). The maximum absolute atomic E-state index is 14.6. The minimum Gasteiger partial charge on any atom is -0.423 e. The van der Waals surface area contributed by atoms with Gasteiger partial charge in [0.15, 0.2) is 5.75 Å². The highest BCUT2D eigenvalue weighted by Crippen LogP contribution is 2.48. The Morgan fingerprint density at radius 1 is 1.08 bits per heavy atom. The topological polar surface area (TPSA) is 102 Å². The van der Waals surface area contributed by atoms with Gasteiger partial charge in [0.05, 0.1) is 22.9 Å². The number of hydrogen-bond donors (Lipinski definition) is 2. The highest BCUT2D eigenvalue weighted by Gasteiger charge is 2.42. The molecule has 1 aromatic carbocycles. The van der Waals surface area contributed by atoms with Crippen molar-refractivity contribution in [3.63, 3.8) is 0 Å². The fourth-order valence-electron chi connectivity index (χ4n) is 6.21. The molecule has 36 heavy (non-hydrogen) atoms. The lowest BCUT2D eigenvalue weighted by Gasteiger charge is -2.23. The first-order chi connectivity index (χ1) is 17.6. The molecule has 1 saturated heterocycles. The van der Waals surface area contributed by atoms with Crippen molar-refractivity contribution < 1.29 is 9.13 Å². The maximum atomic E-state index is 14.6. The molecule has 0 spiro atoms. The van der Waals surface area contributed by atoms with Crippen molar-refractivity contribution in [1.82, 2.24) is 19.9 Å². The fraction of sp³-hybridized carbons (Fsp3) is 0.333. The van der Waals surface area contributed by atoms with Crippen molar-refractivity contribution in [3.8, 4) is 22.9 Å². The molecule has 4 heterocycles. The molecule has 0 bridgehead atoms. The van der Waals surface area contributed by atoms with Crippen LogP contribution in [0.1, 0.15) is 24.1 Å². The number of rotatable bonds is 4. The molecule has 3 aromatic heterocycles. The number of hydrogen-bond acceptors (Lipinski definition) is 8. The monoisotopic (exact) mass is 483 g/mol. The second-order valence-corrected chi connectivity index (χ2v) is 10.0. The van der Waals surface area contributed by atoms with E-state index in [1.807, 2.05) is 25.2 Å². The highest BCUT2D eigenvalue weighted by atomic mass is 19.1. The van der Waals surface area contributed by atoms with Crippen LogP contribution in [0.4, 0.5) is 15.9 Å². The van der Waals surface area contributed by atoms with Gasteiger partial charge in [-0.2, -0.15) is 9.97 Å². The summed E-state index contributed by atoms with van der Waals surface area (Å²) in [5.74, 6) is 2.14. The normalized spacial score (nSPS) is 22.0. The summed E-state index contributed by atoms with van der Waals surface area (Å²) in [5.41, 5.74) is 12.1. The van der Waals surface area contributed by atoms with Crippen LogP contribution >= 0.6 is 0 Å². The summed E-state index contributed by atoms with van der Waals surface area (Å²) >= 11 is 0. The molecular weight excluding hydrogens is 457 g/mol. The third-order valence-electron chi connectivity index (χ3n) is 7.76. The maximum Gasteiger partial charge on any atom is 0.324 e. The van der Waals surface area contributed by atoms with Crippen molar-refractivity contribution in [2.24, 2.45) is 17.6 Å². The summed E-state index contributed by atoms with van der Waals surface area (Å²) in [4.78, 5) is 20.8. The van der Waals surface area contributed by atoms with Gasteiger partial charge in [0.1, 0.15) is 11.6 Å². The van der Waals surface area contributed by atoms with Gasteiger partial charge in [0.25, 0.3) is 0 Å². The predicted octanol–water partition coefficient (Wildman–Crippen LogP) is 4.14. The Morgan fingerprint density at radius 2 is 1.92 bits per heavy atom. The van der Waals surface area contributed by atoms with Gasteiger partial charge in [-0.3, -0.25) is 9.97 Å². The van der Waals surface area contributed by atoms with Crippen LogP contribution in [-0.4, -0.2) is 46.1 Å². The molecule has 2 aliphatic carbocycles. The molecule has 1 aliphatic heterocycles. The Morgan fingerprint density at radius 3 is 2.72 bits per heavy atom. The van der Waals surface area contributed by atoms with Gasteiger partial charge in [-0.25, -0.2) is 4.39 Å². The van der Waals surface area contributed by atoms with Gasteiger partial charge >= 0.3 is 6.01 Å². The van der Waals surface area contributed by atoms with Crippen LogP contribution in [0.5, 0.6) is 11.8 Å². The molecule has 1 saturated carbocycles. The largest absolute Gasteiger partial charge is 0.423 e. The van der Waals surface area contributed by atoms with Gasteiger partial charge in [-0.15, -0.1) is 0 Å². The predicted molar refractivity (Wildman–Crippen MR) is 136 cm³/mol. The number of nitrogens with one attached hydrogen (secondary N) is 1. The zero-order valence-corrected chi connectivity index (χ0v) is 19.9. The van der Waals surface area contributed by atoms with Crippen molar-refractivity contribution in [1.29, 1.82) is 0 Å². The molecule has 0 amide bonds. The Bertz CT molecular complexity index is 1500. The molecule has 8 nitrogen and oxygen atoms in total. The van der Waals surface area contributed by atoms with Gasteiger partial charge in [0, 0.05) is 56.1 Å². The third kappa shape index (κ3) is 3.45. The molecule has 182 valence electrons. The second-order valence-electron chi connectivity index (χ2n) is 10.0. The number of anilines is 2. The van der Waals surface area contributed by atoms with Crippen molar-refractivity contribution in [2.45, 2.75) is 25.3 Å². The van der Waals surface area contributed by atoms with Crippen LogP contribution in [-0.2, 0) is 6.42 Å². The molecule has 3 atom stereocenters. The smallest absolute Gasteiger partial charge is 0.324 e. The number of nitrogens with two attached hydrogens (primary N) is 1. The number of ether oxygens (including phenoxy) is 1. The van der Waals surface area contributed by atoms with E-state index in [0.29, 0.717) is 24.0 Å². The van der Waals surface area contributed by atoms with Crippen molar-refractivity contribution in [2.75, 3.05) is 30.4 Å². The van der Waals surface area contributed by atoms with Gasteiger partial charge in [-0.1, -0.05) is 0 Å². The molecule has 3 aliphatic rings. The number of benzene rings is 1. The van der Waals surface area contributed by atoms with Crippen molar-refractivity contribution >= 4 is 22.5 Å². The summed E-state index contributed by atoms with van der Waals surface area (Å²) in [6, 6.07) is 9.26. The lowest BCUT2D eigenvalue weighted by Crippen LogP contribution is -2.26. The molecule has 2 fully saturated rings. The van der Waals surface area contributed by atoms with E-state index in [4.69, 9.17) is 20.4 Å². The van der Waals surface area contributed by atoms with Crippen molar-refractivity contribution in [3.05, 3.63) is 59.8 Å². The molecule has 4 aromatic rings. The van der Waals surface area contributed by atoms with E-state index in [9.17, 15) is 4.39 Å². The van der Waals surface area contributed by atoms with E-state index in [2.05, 4.69) is 20.2 Å². The van der Waals surface area contributed by atoms with Gasteiger partial charge < -0.3 is 20.7 Å². The van der Waals surface area contributed by atoms with E-state index in [-0.39, 0.29) is 17.9 Å². The quantitative estimate of drug-likeness (QED) is 0.393. The standard InChI is InChI=1S/C27H26FN7O/c1-30-22-8-16(28)7-20-19(22)10-24-25(20)26(35-12-14-5-17(29)6-15(14)13-35)34-27(33-24)36-18-9-23-21(32-11-18)3-2-4-31-23/h2-4,7-9,11,14-15,17,30H,5-6,10,12-13,29H2,1H3/t14-,15+,17?. The van der Waals surface area contributed by atoms with Crippen LogP contribution in [0, 0.1) is 17.7 Å². The van der Waals surface area contributed by atoms with Crippen LogP contribution in [0.25, 0.3) is 22.2 Å². The zero-order valence-electron chi connectivity index (χ0n) is 19.9. The minimum absolute atomic E-state index is 0.258. The number of pyridine rings is 2. The lowest BCUT2D eigenvalue weighted by molar-refractivity contribution is 0.439. The first-order valence-corrected chi connectivity index (χ1v) is 12.4. The van der Waals surface area contributed by atoms with Crippen LogP contribution < -0.4 is 20.7 Å². The Labute approximate surface area is 207 Å². The van der Waals surface area contributed by atoms with Crippen LogP contribution in [0.3, 0.4) is 0 Å². The first-order valence-electron chi connectivity index (χ1n) is 12.4. The number of halogens is 1. The molecule has 1 unspecified atom stereocenters. The summed E-state index contributed by atoms with van der Waals surface area (Å²) < 4.78 is 20.7. The average Bonchev–Trinajstić information content (AvgIpc) is 3.53. The van der Waals surface area contributed by atoms with E-state index in [1.54, 1.807) is 18.5 Å². The SMILES string of the molecule is CNc1cc(F)cc2c1Cc1nc(Oc3cnc4cccnc4c3)nc(N3C[C@H]4CC(N)C[C@H]4C3)c1-2. The first kappa shape index (κ1) is 21.4. The fourth-order valence-corrected chi connectivity index (χ4v) is 6.21. The summed E-state index contributed by atoms with van der Waals surface area (Å²) in [6.07, 6.45) is 6.02. The summed E-state index contributed by atoms with van der Waals surface area (Å²) in [5, 5.41) is 3.14. The van der Waals surface area contributed by atoms with Crippen LogP contribution in [0.2, 0.25) is 0 Å². The third-order valence-corrected chi connectivity index (χ3v) is 7.76. The van der Waals surface area contributed by atoms with Gasteiger partial charge in [0.2, 0.25) is 0 Å². The second kappa shape index (κ2) is 8.09. The zero-order chi connectivity index (χ0) is 24.4. The average molecular weight is 484 g/mol. The summed E-state index contributed by atoms with van der Waals surface area (Å²) in [6.45, 7) is 1.76. The Hall–Kier alpha value is -3.85. The number of fused-ring (bicyclic) bond motifs is 5. The Balaban J connectivity index is 1.32. The van der Waals surface area contributed by atoms with Gasteiger partial charge in [-0.05, 0) is 60.1 Å². The van der Waals surface area contributed by atoms with Crippen LogP contribution in [0.15, 0.2) is 42.7 Å². The lowest BCUT2D eigenvalue weighted by atomic mass is 10.0. The Kier molecular flexibility index (Phi) is 4.82. The minimum atomic E-state index is -0.281. The number of aromatic nitrogens is 4. The molecule has 0 radical (unpaired) electrons. The van der Waals surface area contributed by atoms with E-state index < -0.39 is 0 Å². The molecule has 9 heteroatoms. The molecular formula is C27H26FN7O.